The molecule has 0 fully saturated rings. The molecule has 36 heavy (non-hydrogen) atoms. The second kappa shape index (κ2) is 11.3. The van der Waals surface area contributed by atoms with Gasteiger partial charge in [0.1, 0.15) is 12.1 Å². The third-order valence-electron chi connectivity index (χ3n) is 5.99. The summed E-state index contributed by atoms with van der Waals surface area (Å²) in [7, 11) is -1.40. The smallest absolute Gasteiger partial charge is 0.328 e. The van der Waals surface area contributed by atoms with Crippen LogP contribution in [0.4, 0.5) is 0 Å². The Kier molecular flexibility index (Phi) is 8.45. The van der Waals surface area contributed by atoms with Crippen molar-refractivity contribution in [2.24, 2.45) is 5.92 Å². The fourth-order valence-electron chi connectivity index (χ4n) is 4.10. The first-order chi connectivity index (χ1) is 17.1. The fraction of sp³-hybridized carbons (Fsp3) is 0.296. The molecule has 0 aliphatic heterocycles. The number of rotatable bonds is 9. The number of hydrogen-bond donors (Lipinski definition) is 1. The van der Waals surface area contributed by atoms with Gasteiger partial charge in [0.2, 0.25) is 15.9 Å². The second-order valence-corrected chi connectivity index (χ2v) is 10.6. The Morgan fingerprint density at radius 1 is 1.03 bits per heavy atom. The Bertz CT molecular complexity index is 1390. The number of amides is 1. The number of likely N-dealkylation sites (N-methyl/N-ethyl adjacent to an activating group) is 1. The Morgan fingerprint density at radius 3 is 2.25 bits per heavy atom. The summed E-state index contributed by atoms with van der Waals surface area (Å²) in [5, 5.41) is 10.7. The molecule has 1 N–H and O–H groups in total. The summed E-state index contributed by atoms with van der Waals surface area (Å²) in [4.78, 5) is 27.2. The molecule has 3 aromatic rings. The van der Waals surface area contributed by atoms with Crippen LogP contribution in [0.5, 0.6) is 0 Å². The number of nitrogens with zero attached hydrogens (tertiary/aromatic N) is 2. The van der Waals surface area contributed by atoms with Gasteiger partial charge in [0, 0.05) is 7.05 Å². The van der Waals surface area contributed by atoms with Crippen molar-refractivity contribution in [2.75, 3.05) is 14.2 Å². The van der Waals surface area contributed by atoms with Crippen LogP contribution in [0.2, 0.25) is 0 Å². The number of nitrogens with one attached hydrogen (secondary N) is 1. The molecule has 0 radical (unpaired) electrons. The number of hydrogen-bond acceptors (Lipinski definition) is 6. The Morgan fingerprint density at radius 2 is 1.67 bits per heavy atom. The van der Waals surface area contributed by atoms with E-state index in [9.17, 15) is 18.0 Å². The van der Waals surface area contributed by atoms with Crippen molar-refractivity contribution in [3.8, 4) is 6.07 Å². The van der Waals surface area contributed by atoms with Crippen molar-refractivity contribution in [3.05, 3.63) is 77.9 Å². The van der Waals surface area contributed by atoms with Crippen LogP contribution in [0, 0.1) is 17.2 Å². The normalized spacial score (nSPS) is 13.1. The summed E-state index contributed by atoms with van der Waals surface area (Å²) in [6.07, 6.45) is 0.0215. The second-order valence-electron chi connectivity index (χ2n) is 8.86. The molecule has 0 aromatic heterocycles. The number of carbonyl (C=O) groups excluding carboxylic acids is 2. The summed E-state index contributed by atoms with van der Waals surface area (Å²) in [5.41, 5.74) is 1.10. The average Bonchev–Trinajstić information content (AvgIpc) is 2.87. The largest absolute Gasteiger partial charge is 0.467 e. The van der Waals surface area contributed by atoms with Gasteiger partial charge in [0.15, 0.2) is 0 Å². The molecule has 0 aliphatic rings. The lowest BCUT2D eigenvalue weighted by molar-refractivity contribution is -0.154. The monoisotopic (exact) mass is 507 g/mol. The molecule has 8 nitrogen and oxygen atoms in total. The third kappa shape index (κ3) is 6.08. The van der Waals surface area contributed by atoms with E-state index in [0.717, 1.165) is 10.8 Å². The van der Waals surface area contributed by atoms with E-state index >= 15 is 0 Å². The molecule has 0 unspecified atom stereocenters. The van der Waals surface area contributed by atoms with Gasteiger partial charge in [-0.05, 0) is 52.9 Å². The maximum Gasteiger partial charge on any atom is 0.328 e. The molecule has 188 valence electrons. The maximum atomic E-state index is 13.6. The molecule has 0 bridgehead atoms. The van der Waals surface area contributed by atoms with Crippen LogP contribution in [0.25, 0.3) is 10.8 Å². The van der Waals surface area contributed by atoms with Crippen LogP contribution in [-0.2, 0) is 30.8 Å². The molecule has 0 saturated carbocycles. The number of esters is 1. The molecule has 0 aliphatic carbocycles. The molecular formula is C27H29N3O5S. The van der Waals surface area contributed by atoms with E-state index in [1.54, 1.807) is 50.2 Å². The van der Waals surface area contributed by atoms with Crippen LogP contribution in [0.15, 0.2) is 71.6 Å². The van der Waals surface area contributed by atoms with E-state index in [1.165, 1.54) is 25.1 Å². The summed E-state index contributed by atoms with van der Waals surface area (Å²) in [5.74, 6) is -1.43. The summed E-state index contributed by atoms with van der Waals surface area (Å²) in [6, 6.07) is 18.6. The fourth-order valence-corrected chi connectivity index (χ4v) is 5.33. The lowest BCUT2D eigenvalue weighted by Gasteiger charge is -2.32. The number of methoxy groups -OCH3 is 1. The van der Waals surface area contributed by atoms with Crippen molar-refractivity contribution in [3.63, 3.8) is 0 Å². The number of sulfonamides is 1. The highest BCUT2D eigenvalue weighted by atomic mass is 32.2. The first kappa shape index (κ1) is 26.9. The van der Waals surface area contributed by atoms with Gasteiger partial charge in [-0.1, -0.05) is 56.3 Å². The van der Waals surface area contributed by atoms with Crippen LogP contribution in [0.3, 0.4) is 0 Å². The van der Waals surface area contributed by atoms with Crippen molar-refractivity contribution in [1.29, 1.82) is 5.26 Å². The van der Waals surface area contributed by atoms with E-state index in [-0.39, 0.29) is 17.2 Å². The average molecular weight is 508 g/mol. The zero-order chi connectivity index (χ0) is 26.5. The Hall–Kier alpha value is -3.74. The first-order valence-electron chi connectivity index (χ1n) is 11.4. The van der Waals surface area contributed by atoms with Crippen molar-refractivity contribution in [2.45, 2.75) is 37.2 Å². The van der Waals surface area contributed by atoms with Gasteiger partial charge in [0.05, 0.1) is 23.6 Å². The van der Waals surface area contributed by atoms with Crippen LogP contribution < -0.4 is 4.72 Å². The quantitative estimate of drug-likeness (QED) is 0.445. The number of fused-ring (bicyclic) bond motifs is 1. The minimum absolute atomic E-state index is 0.0215. The standard InChI is InChI=1S/C27H29N3O5S/c1-18(2)25(27(32)35-4)30(3)26(31)24(15-19-9-11-20(17-28)12-10-19)29-36(33,34)23-14-13-21-7-5-6-8-22(21)16-23/h5-14,16,18,24-25,29H,15H2,1-4H3/t24-,25-/m0/s1. The van der Waals surface area contributed by atoms with E-state index in [4.69, 9.17) is 10.00 Å². The summed E-state index contributed by atoms with van der Waals surface area (Å²) in [6.45, 7) is 3.56. The topological polar surface area (TPSA) is 117 Å². The first-order valence-corrected chi connectivity index (χ1v) is 12.9. The predicted octanol–water partition coefficient (Wildman–Crippen LogP) is 3.26. The molecule has 0 spiro atoms. The van der Waals surface area contributed by atoms with Gasteiger partial charge >= 0.3 is 5.97 Å². The molecule has 0 heterocycles. The van der Waals surface area contributed by atoms with Gasteiger partial charge in [0.25, 0.3) is 0 Å². The lowest BCUT2D eigenvalue weighted by atomic mass is 10.00. The van der Waals surface area contributed by atoms with Gasteiger partial charge in [-0.3, -0.25) is 4.79 Å². The van der Waals surface area contributed by atoms with Crippen molar-refractivity contribution >= 4 is 32.7 Å². The number of benzene rings is 3. The van der Waals surface area contributed by atoms with Crippen molar-refractivity contribution in [1.82, 2.24) is 9.62 Å². The van der Waals surface area contributed by atoms with Gasteiger partial charge in [-0.15, -0.1) is 0 Å². The van der Waals surface area contributed by atoms with Crippen LogP contribution in [0.1, 0.15) is 25.0 Å². The van der Waals surface area contributed by atoms with Gasteiger partial charge in [-0.25, -0.2) is 13.2 Å². The molecule has 9 heteroatoms. The maximum absolute atomic E-state index is 13.6. The minimum Gasteiger partial charge on any atom is -0.467 e. The highest BCUT2D eigenvalue weighted by Crippen LogP contribution is 2.21. The molecule has 1 amide bonds. The zero-order valence-corrected chi connectivity index (χ0v) is 21.5. The minimum atomic E-state index is -4.10. The SMILES string of the molecule is COC(=O)[C@H](C(C)C)N(C)C(=O)[C@H](Cc1ccc(C#N)cc1)NS(=O)(=O)c1ccc2ccccc2c1. The van der Waals surface area contributed by atoms with E-state index in [0.29, 0.717) is 11.1 Å². The zero-order valence-electron chi connectivity index (χ0n) is 20.6. The van der Waals surface area contributed by atoms with E-state index in [2.05, 4.69) is 4.72 Å². The highest BCUT2D eigenvalue weighted by Gasteiger charge is 2.36. The molecule has 0 saturated heterocycles. The predicted molar refractivity (Wildman–Crippen MR) is 136 cm³/mol. The molecule has 2 atom stereocenters. The lowest BCUT2D eigenvalue weighted by Crippen LogP contribution is -2.54. The van der Waals surface area contributed by atoms with E-state index in [1.807, 2.05) is 30.3 Å². The molecule has 3 rings (SSSR count). The van der Waals surface area contributed by atoms with Gasteiger partial charge in [-0.2, -0.15) is 9.98 Å². The van der Waals surface area contributed by atoms with Crippen LogP contribution >= 0.6 is 0 Å². The summed E-state index contributed by atoms with van der Waals surface area (Å²) >= 11 is 0. The summed E-state index contributed by atoms with van der Waals surface area (Å²) < 4.78 is 34.2. The Labute approximate surface area is 211 Å². The third-order valence-corrected chi connectivity index (χ3v) is 7.46. The number of nitriles is 1. The van der Waals surface area contributed by atoms with E-state index < -0.39 is 34.0 Å². The Balaban J connectivity index is 1.98. The molecular weight excluding hydrogens is 478 g/mol. The number of ether oxygens (including phenoxy) is 1. The highest BCUT2D eigenvalue weighted by molar-refractivity contribution is 7.89. The molecule has 3 aromatic carbocycles. The van der Waals surface area contributed by atoms with Crippen LogP contribution in [-0.4, -0.2) is 51.4 Å². The van der Waals surface area contributed by atoms with Gasteiger partial charge < -0.3 is 9.64 Å². The number of carbonyl (C=O) groups is 2. The van der Waals surface area contributed by atoms with Crippen molar-refractivity contribution < 1.29 is 22.7 Å².